The van der Waals surface area contributed by atoms with E-state index in [1.54, 1.807) is 4.68 Å². The number of carbonyl (C=O) groups is 1. The highest BCUT2D eigenvalue weighted by Crippen LogP contribution is 2.30. The van der Waals surface area contributed by atoms with Crippen LogP contribution in [0.1, 0.15) is 17.5 Å². The van der Waals surface area contributed by atoms with Crippen molar-refractivity contribution in [3.63, 3.8) is 0 Å². The number of amides is 1. The van der Waals surface area contributed by atoms with E-state index < -0.39 is 0 Å². The molecule has 0 radical (unpaired) electrons. The third-order valence-electron chi connectivity index (χ3n) is 6.24. The first-order valence-electron chi connectivity index (χ1n) is 11.4. The van der Waals surface area contributed by atoms with E-state index in [-0.39, 0.29) is 12.5 Å². The Morgan fingerprint density at radius 1 is 1.00 bits per heavy atom. The van der Waals surface area contributed by atoms with Crippen LogP contribution in [0, 0.1) is 0 Å². The fraction of sp³-hybridized carbons (Fsp3) is 0.259. The van der Waals surface area contributed by atoms with Crippen LogP contribution in [0.4, 0.5) is 0 Å². The first-order chi connectivity index (χ1) is 16.2. The van der Waals surface area contributed by atoms with Crippen molar-refractivity contribution in [2.24, 2.45) is 0 Å². The summed E-state index contributed by atoms with van der Waals surface area (Å²) >= 11 is 6.25. The predicted octanol–water partition coefficient (Wildman–Crippen LogP) is 4.92. The van der Waals surface area contributed by atoms with Gasteiger partial charge in [0.05, 0.1) is 5.52 Å². The van der Waals surface area contributed by atoms with E-state index in [0.717, 1.165) is 54.6 Å². The zero-order chi connectivity index (χ0) is 22.6. The molecule has 5 rings (SSSR count). The third-order valence-corrected chi connectivity index (χ3v) is 6.47. The number of aromatic nitrogens is 2. The van der Waals surface area contributed by atoms with Gasteiger partial charge in [0.2, 0.25) is 5.91 Å². The summed E-state index contributed by atoms with van der Waals surface area (Å²) in [7, 11) is 0. The second-order valence-corrected chi connectivity index (χ2v) is 8.97. The van der Waals surface area contributed by atoms with Crippen molar-refractivity contribution in [1.82, 2.24) is 20.0 Å². The van der Waals surface area contributed by atoms with Gasteiger partial charge in [0.15, 0.2) is 0 Å². The molecule has 1 amide bonds. The van der Waals surface area contributed by atoms with Gasteiger partial charge in [0.1, 0.15) is 12.2 Å². The highest BCUT2D eigenvalue weighted by molar-refractivity contribution is 6.31. The van der Waals surface area contributed by atoms with Crippen molar-refractivity contribution >= 4 is 28.4 Å². The summed E-state index contributed by atoms with van der Waals surface area (Å²) in [5.74, 6) is -0.0297. The molecule has 4 aromatic rings. The van der Waals surface area contributed by atoms with Crippen LogP contribution in [0.5, 0.6) is 0 Å². The Kier molecular flexibility index (Phi) is 6.42. The third kappa shape index (κ3) is 4.95. The first-order valence-corrected chi connectivity index (χ1v) is 11.8. The van der Waals surface area contributed by atoms with E-state index in [1.165, 1.54) is 11.1 Å². The molecule has 6 heteroatoms. The largest absolute Gasteiger partial charge is 0.354 e. The number of nitrogens with zero attached hydrogens (tertiary/aromatic N) is 3. The normalized spacial score (nSPS) is 13.7. The smallest absolute Gasteiger partial charge is 0.241 e. The van der Waals surface area contributed by atoms with Crippen LogP contribution in [0.15, 0.2) is 72.8 Å². The standard InChI is InChI=1S/C27H27ClN4O/c28-23-11-12-25-24(17-23)27(21-8-2-1-3-9-21)30-32(25)19-26(33)29-14-6-15-31-16-13-20-7-4-5-10-22(20)18-31/h1-5,7-12,17H,6,13-16,18-19H2,(H,29,33). The average molecular weight is 459 g/mol. The number of hydrogen-bond donors (Lipinski definition) is 1. The predicted molar refractivity (Wildman–Crippen MR) is 133 cm³/mol. The molecule has 2 heterocycles. The van der Waals surface area contributed by atoms with Gasteiger partial charge in [-0.3, -0.25) is 14.4 Å². The Bertz CT molecular complexity index is 1270. The van der Waals surface area contributed by atoms with Gasteiger partial charge in [-0.05, 0) is 42.2 Å². The quantitative estimate of drug-likeness (QED) is 0.400. The Morgan fingerprint density at radius 2 is 1.79 bits per heavy atom. The van der Waals surface area contributed by atoms with E-state index in [0.29, 0.717) is 11.6 Å². The molecular weight excluding hydrogens is 432 g/mol. The SMILES string of the molecule is O=C(Cn1nc(-c2ccccc2)c2cc(Cl)ccc21)NCCCN1CCc2ccccc2C1. The number of hydrogen-bond acceptors (Lipinski definition) is 3. The molecule has 1 N–H and O–H groups in total. The van der Waals surface area contributed by atoms with Gasteiger partial charge in [-0.1, -0.05) is 66.2 Å². The van der Waals surface area contributed by atoms with E-state index in [4.69, 9.17) is 16.7 Å². The Hall–Kier alpha value is -3.15. The topological polar surface area (TPSA) is 50.2 Å². The molecule has 1 aromatic heterocycles. The molecular formula is C27H27ClN4O. The van der Waals surface area contributed by atoms with Crippen LogP contribution in [-0.2, 0) is 24.3 Å². The second-order valence-electron chi connectivity index (χ2n) is 8.53. The van der Waals surface area contributed by atoms with Crippen LogP contribution in [0.2, 0.25) is 5.02 Å². The summed E-state index contributed by atoms with van der Waals surface area (Å²) in [5.41, 5.74) is 5.64. The number of halogens is 1. The summed E-state index contributed by atoms with van der Waals surface area (Å²) in [6.07, 6.45) is 2.03. The monoisotopic (exact) mass is 458 g/mol. The molecule has 0 unspecified atom stereocenters. The fourth-order valence-corrected chi connectivity index (χ4v) is 4.72. The van der Waals surface area contributed by atoms with Crippen molar-refractivity contribution in [2.75, 3.05) is 19.6 Å². The van der Waals surface area contributed by atoms with Crippen molar-refractivity contribution in [2.45, 2.75) is 25.9 Å². The minimum absolute atomic E-state index is 0.0297. The number of rotatable bonds is 7. The van der Waals surface area contributed by atoms with E-state index >= 15 is 0 Å². The molecule has 0 bridgehead atoms. The maximum Gasteiger partial charge on any atom is 0.241 e. The number of fused-ring (bicyclic) bond motifs is 2. The van der Waals surface area contributed by atoms with Crippen LogP contribution in [0.25, 0.3) is 22.2 Å². The highest BCUT2D eigenvalue weighted by Gasteiger charge is 2.16. The summed E-state index contributed by atoms with van der Waals surface area (Å²) in [4.78, 5) is 15.1. The lowest BCUT2D eigenvalue weighted by Gasteiger charge is -2.28. The molecule has 0 spiro atoms. The van der Waals surface area contributed by atoms with E-state index in [1.807, 2.05) is 48.5 Å². The van der Waals surface area contributed by atoms with Gasteiger partial charge < -0.3 is 5.32 Å². The van der Waals surface area contributed by atoms with Crippen molar-refractivity contribution in [3.05, 3.63) is 88.9 Å². The molecule has 0 saturated heterocycles. The molecule has 1 aliphatic rings. The molecule has 33 heavy (non-hydrogen) atoms. The Labute approximate surface area is 199 Å². The fourth-order valence-electron chi connectivity index (χ4n) is 4.55. The molecule has 1 aliphatic heterocycles. The molecule has 5 nitrogen and oxygen atoms in total. The molecule has 168 valence electrons. The summed E-state index contributed by atoms with van der Waals surface area (Å²) in [6, 6.07) is 24.3. The minimum atomic E-state index is -0.0297. The summed E-state index contributed by atoms with van der Waals surface area (Å²) in [5, 5.41) is 9.42. The van der Waals surface area contributed by atoms with E-state index in [9.17, 15) is 4.79 Å². The molecule has 0 atom stereocenters. The first kappa shape index (κ1) is 21.7. The summed E-state index contributed by atoms with van der Waals surface area (Å²) in [6.45, 7) is 3.90. The van der Waals surface area contributed by atoms with Gasteiger partial charge >= 0.3 is 0 Å². The maximum atomic E-state index is 12.7. The Morgan fingerprint density at radius 3 is 2.64 bits per heavy atom. The van der Waals surface area contributed by atoms with Crippen molar-refractivity contribution in [1.29, 1.82) is 0 Å². The molecule has 0 aliphatic carbocycles. The van der Waals surface area contributed by atoms with Crippen molar-refractivity contribution in [3.8, 4) is 11.3 Å². The average Bonchev–Trinajstić information content (AvgIpc) is 3.19. The lowest BCUT2D eigenvalue weighted by atomic mass is 10.00. The zero-order valence-corrected chi connectivity index (χ0v) is 19.3. The van der Waals surface area contributed by atoms with Crippen LogP contribution in [-0.4, -0.2) is 40.2 Å². The highest BCUT2D eigenvalue weighted by atomic mass is 35.5. The van der Waals surface area contributed by atoms with Crippen LogP contribution >= 0.6 is 11.6 Å². The second kappa shape index (κ2) is 9.77. The van der Waals surface area contributed by atoms with Gasteiger partial charge in [0.25, 0.3) is 0 Å². The number of benzene rings is 3. The minimum Gasteiger partial charge on any atom is -0.354 e. The lowest BCUT2D eigenvalue weighted by Crippen LogP contribution is -2.34. The molecule has 0 fully saturated rings. The van der Waals surface area contributed by atoms with Crippen LogP contribution < -0.4 is 5.32 Å². The van der Waals surface area contributed by atoms with Gasteiger partial charge in [-0.2, -0.15) is 5.10 Å². The molecule has 0 saturated carbocycles. The number of carbonyl (C=O) groups excluding carboxylic acids is 1. The molecule has 3 aromatic carbocycles. The van der Waals surface area contributed by atoms with E-state index in [2.05, 4.69) is 34.5 Å². The van der Waals surface area contributed by atoms with Gasteiger partial charge in [0, 0.05) is 42.2 Å². The van der Waals surface area contributed by atoms with Crippen molar-refractivity contribution < 1.29 is 4.79 Å². The van der Waals surface area contributed by atoms with Gasteiger partial charge in [-0.25, -0.2) is 0 Å². The zero-order valence-electron chi connectivity index (χ0n) is 18.5. The van der Waals surface area contributed by atoms with Gasteiger partial charge in [-0.15, -0.1) is 0 Å². The maximum absolute atomic E-state index is 12.7. The lowest BCUT2D eigenvalue weighted by molar-refractivity contribution is -0.121. The number of nitrogens with one attached hydrogen (secondary N) is 1. The Balaban J connectivity index is 1.19. The summed E-state index contributed by atoms with van der Waals surface area (Å²) < 4.78 is 1.77. The van der Waals surface area contributed by atoms with Crippen LogP contribution in [0.3, 0.4) is 0 Å².